The summed E-state index contributed by atoms with van der Waals surface area (Å²) in [5.41, 5.74) is 0.704. The van der Waals surface area contributed by atoms with Crippen LogP contribution in [0.3, 0.4) is 0 Å². The number of benzene rings is 1. The molecule has 1 unspecified atom stereocenters. The number of halogens is 3. The van der Waals surface area contributed by atoms with Crippen molar-refractivity contribution in [2.75, 3.05) is 11.5 Å². The fourth-order valence-electron chi connectivity index (χ4n) is 2.27. The molecule has 1 N–H and O–H groups in total. The van der Waals surface area contributed by atoms with Crippen molar-refractivity contribution >= 4 is 34.0 Å². The molecule has 0 radical (unpaired) electrons. The van der Waals surface area contributed by atoms with Gasteiger partial charge in [-0.3, -0.25) is 4.21 Å². The molecule has 106 valence electrons. The zero-order chi connectivity index (χ0) is 14.0. The van der Waals surface area contributed by atoms with Crippen molar-refractivity contribution in [2.24, 2.45) is 0 Å². The summed E-state index contributed by atoms with van der Waals surface area (Å²) in [7, 11) is -0.675. The van der Waals surface area contributed by atoms with E-state index in [1.165, 1.54) is 12.1 Å². The van der Waals surface area contributed by atoms with Crippen molar-refractivity contribution < 1.29 is 8.60 Å². The Hall–Kier alpha value is -0.160. The largest absolute Gasteiger partial charge is 0.307 e. The monoisotopic (exact) mass is 323 g/mol. The van der Waals surface area contributed by atoms with Crippen molar-refractivity contribution in [3.8, 4) is 0 Å². The van der Waals surface area contributed by atoms with E-state index in [4.69, 9.17) is 23.2 Å². The molecule has 19 heavy (non-hydrogen) atoms. The molecule has 1 saturated heterocycles. The van der Waals surface area contributed by atoms with Crippen molar-refractivity contribution in [2.45, 2.75) is 31.8 Å². The van der Waals surface area contributed by atoms with E-state index in [0.29, 0.717) is 16.6 Å². The normalized spacial score (nSPS) is 25.3. The van der Waals surface area contributed by atoms with Gasteiger partial charge in [-0.1, -0.05) is 23.2 Å². The molecule has 1 heterocycles. The van der Waals surface area contributed by atoms with Crippen LogP contribution in [0.5, 0.6) is 0 Å². The Labute approximate surface area is 125 Å². The summed E-state index contributed by atoms with van der Waals surface area (Å²) >= 11 is 11.8. The van der Waals surface area contributed by atoms with Gasteiger partial charge in [0.1, 0.15) is 5.82 Å². The molecular weight excluding hydrogens is 308 g/mol. The summed E-state index contributed by atoms with van der Waals surface area (Å²) in [6.45, 7) is 1.94. The Morgan fingerprint density at radius 2 is 1.95 bits per heavy atom. The third-order valence-corrected chi connectivity index (χ3v) is 5.38. The lowest BCUT2D eigenvalue weighted by molar-refractivity contribution is 0.426. The number of hydrogen-bond acceptors (Lipinski definition) is 2. The van der Waals surface area contributed by atoms with Crippen LogP contribution in [0.1, 0.15) is 31.4 Å². The average molecular weight is 324 g/mol. The summed E-state index contributed by atoms with van der Waals surface area (Å²) in [5.74, 6) is 1.000. The first-order valence-corrected chi connectivity index (χ1v) is 8.47. The fourth-order valence-corrected chi connectivity index (χ4v) is 4.12. The lowest BCUT2D eigenvalue weighted by Gasteiger charge is -2.27. The maximum Gasteiger partial charge on any atom is 0.142 e. The molecule has 0 bridgehead atoms. The molecule has 0 spiro atoms. The molecular formula is C13H16Cl2FNOS. The van der Waals surface area contributed by atoms with Gasteiger partial charge in [0.15, 0.2) is 0 Å². The molecule has 1 aliphatic rings. The van der Waals surface area contributed by atoms with Crippen LogP contribution >= 0.6 is 23.2 Å². The highest BCUT2D eigenvalue weighted by molar-refractivity contribution is 7.85. The molecule has 1 fully saturated rings. The highest BCUT2D eigenvalue weighted by atomic mass is 35.5. The minimum absolute atomic E-state index is 0.0361. The van der Waals surface area contributed by atoms with Gasteiger partial charge in [0.2, 0.25) is 0 Å². The lowest BCUT2D eigenvalue weighted by atomic mass is 10.0. The second-order valence-electron chi connectivity index (χ2n) is 4.80. The van der Waals surface area contributed by atoms with Gasteiger partial charge in [0, 0.05) is 39.4 Å². The molecule has 0 saturated carbocycles. The van der Waals surface area contributed by atoms with Crippen LogP contribution in [-0.4, -0.2) is 21.8 Å². The maximum atomic E-state index is 13.5. The van der Waals surface area contributed by atoms with Crippen LogP contribution in [0.25, 0.3) is 0 Å². The molecule has 1 aromatic carbocycles. The summed E-state index contributed by atoms with van der Waals surface area (Å²) in [4.78, 5) is 0. The maximum absolute atomic E-state index is 13.5. The van der Waals surface area contributed by atoms with Gasteiger partial charge in [-0.25, -0.2) is 4.39 Å². The van der Waals surface area contributed by atoms with E-state index in [2.05, 4.69) is 5.32 Å². The molecule has 1 aromatic rings. The highest BCUT2D eigenvalue weighted by Crippen LogP contribution is 2.29. The van der Waals surface area contributed by atoms with E-state index in [9.17, 15) is 8.60 Å². The zero-order valence-electron chi connectivity index (χ0n) is 10.6. The Morgan fingerprint density at radius 1 is 1.32 bits per heavy atom. The van der Waals surface area contributed by atoms with E-state index >= 15 is 0 Å². The number of hydrogen-bond donors (Lipinski definition) is 1. The Kier molecular flexibility index (Phi) is 5.23. The topological polar surface area (TPSA) is 29.1 Å². The van der Waals surface area contributed by atoms with Crippen LogP contribution < -0.4 is 5.32 Å². The Balaban J connectivity index is 2.05. The van der Waals surface area contributed by atoms with Crippen molar-refractivity contribution in [3.63, 3.8) is 0 Å². The second kappa shape index (κ2) is 6.53. The second-order valence-corrected chi connectivity index (χ2v) is 7.31. The van der Waals surface area contributed by atoms with Crippen LogP contribution in [0, 0.1) is 5.82 Å². The Bertz CT molecular complexity index is 488. The van der Waals surface area contributed by atoms with Crippen molar-refractivity contribution in [3.05, 3.63) is 33.6 Å². The predicted molar refractivity (Wildman–Crippen MR) is 78.9 cm³/mol. The standard InChI is InChI=1S/C13H16Cl2FNOS/c1-8(17-9-2-4-19(18)5-3-9)10-6-13(16)12(15)7-11(10)14/h6-9,17H,2-5H2,1H3. The summed E-state index contributed by atoms with van der Waals surface area (Å²) in [6.07, 6.45) is 1.76. The first-order chi connectivity index (χ1) is 8.97. The van der Waals surface area contributed by atoms with Gasteiger partial charge in [0.25, 0.3) is 0 Å². The molecule has 1 aliphatic heterocycles. The summed E-state index contributed by atoms with van der Waals surface area (Å²) in [6, 6.07) is 3.06. The van der Waals surface area contributed by atoms with Gasteiger partial charge in [-0.15, -0.1) is 0 Å². The minimum atomic E-state index is -0.675. The third-order valence-electron chi connectivity index (χ3n) is 3.38. The smallest absolute Gasteiger partial charge is 0.142 e. The average Bonchev–Trinajstić information content (AvgIpc) is 2.36. The van der Waals surface area contributed by atoms with Crippen LogP contribution in [-0.2, 0) is 10.8 Å². The molecule has 0 aromatic heterocycles. The zero-order valence-corrected chi connectivity index (χ0v) is 12.9. The minimum Gasteiger partial charge on any atom is -0.307 e. The first kappa shape index (κ1) is 15.2. The molecule has 0 amide bonds. The van der Waals surface area contributed by atoms with Crippen LogP contribution in [0.2, 0.25) is 10.0 Å². The van der Waals surface area contributed by atoms with Gasteiger partial charge in [0.05, 0.1) is 5.02 Å². The fraction of sp³-hybridized carbons (Fsp3) is 0.538. The predicted octanol–water partition coefficient (Wildman–Crippen LogP) is 3.69. The van der Waals surface area contributed by atoms with E-state index in [0.717, 1.165) is 24.3 Å². The summed E-state index contributed by atoms with van der Waals surface area (Å²) < 4.78 is 24.8. The van der Waals surface area contributed by atoms with Gasteiger partial charge < -0.3 is 5.32 Å². The molecule has 0 aliphatic carbocycles. The van der Waals surface area contributed by atoms with Gasteiger partial charge in [-0.05, 0) is 37.5 Å². The third kappa shape index (κ3) is 3.91. The molecule has 2 nitrogen and oxygen atoms in total. The Morgan fingerprint density at radius 3 is 2.58 bits per heavy atom. The summed E-state index contributed by atoms with van der Waals surface area (Å²) in [5, 5.41) is 3.91. The molecule has 6 heteroatoms. The van der Waals surface area contributed by atoms with Crippen LogP contribution in [0.4, 0.5) is 4.39 Å². The van der Waals surface area contributed by atoms with Gasteiger partial charge >= 0.3 is 0 Å². The number of rotatable bonds is 3. The molecule has 1 atom stereocenters. The first-order valence-electron chi connectivity index (χ1n) is 6.23. The quantitative estimate of drug-likeness (QED) is 0.859. The van der Waals surface area contributed by atoms with E-state index in [1.54, 1.807) is 0 Å². The SMILES string of the molecule is CC(NC1CCS(=O)CC1)c1cc(F)c(Cl)cc1Cl. The highest BCUT2D eigenvalue weighted by Gasteiger charge is 2.21. The van der Waals surface area contributed by atoms with E-state index < -0.39 is 16.6 Å². The van der Waals surface area contributed by atoms with Crippen molar-refractivity contribution in [1.29, 1.82) is 0 Å². The van der Waals surface area contributed by atoms with Gasteiger partial charge in [-0.2, -0.15) is 0 Å². The van der Waals surface area contributed by atoms with E-state index in [1.807, 2.05) is 6.92 Å². The van der Waals surface area contributed by atoms with Crippen molar-refractivity contribution in [1.82, 2.24) is 5.32 Å². The van der Waals surface area contributed by atoms with Crippen LogP contribution in [0.15, 0.2) is 12.1 Å². The lowest BCUT2D eigenvalue weighted by Crippen LogP contribution is -2.37. The molecule has 2 rings (SSSR count). The van der Waals surface area contributed by atoms with E-state index in [-0.39, 0.29) is 11.1 Å². The number of nitrogens with one attached hydrogen (secondary N) is 1.